The number of benzene rings is 2. The van der Waals surface area contributed by atoms with E-state index in [1.165, 1.54) is 59.5 Å². The smallest absolute Gasteiger partial charge is 0.0571 e. The predicted octanol–water partition coefficient (Wildman–Crippen LogP) is 8.53. The summed E-state index contributed by atoms with van der Waals surface area (Å²) in [6, 6.07) is 30.0. The van der Waals surface area contributed by atoms with Gasteiger partial charge in [0.1, 0.15) is 0 Å². The highest BCUT2D eigenvalue weighted by Crippen LogP contribution is 2.28. The van der Waals surface area contributed by atoms with Crippen molar-refractivity contribution in [2.24, 2.45) is 0 Å². The molecule has 0 bridgehead atoms. The molecule has 0 atom stereocenters. The fourth-order valence-electron chi connectivity index (χ4n) is 4.75. The summed E-state index contributed by atoms with van der Waals surface area (Å²) in [4.78, 5) is 0. The summed E-state index contributed by atoms with van der Waals surface area (Å²) in [6.45, 7) is 14.4. The van der Waals surface area contributed by atoms with Crippen LogP contribution in [0.3, 0.4) is 0 Å². The Hall–Kier alpha value is -1.13. The lowest BCUT2D eigenvalue weighted by molar-refractivity contribution is 1.10. The molecule has 0 saturated heterocycles. The molecule has 0 nitrogen and oxygen atoms in total. The molecule has 0 unspecified atom stereocenters. The van der Waals surface area contributed by atoms with Crippen molar-refractivity contribution in [2.75, 3.05) is 0 Å². The molecular weight excluding hydrogens is 368 g/mol. The Morgan fingerprint density at radius 3 is 0.893 bits per heavy atom. The summed E-state index contributed by atoms with van der Waals surface area (Å²) in [5.74, 6) is 0. The molecule has 154 valence electrons. The fraction of sp³-hybridized carbons (Fsp3) is 0.538. The molecule has 0 heterocycles. The van der Waals surface area contributed by atoms with Crippen LogP contribution >= 0.6 is 0 Å². The van der Waals surface area contributed by atoms with Gasteiger partial charge >= 0.3 is 0 Å². The Balaban J connectivity index is 2.12. The van der Waals surface area contributed by atoms with Gasteiger partial charge in [-0.15, -0.1) is 0 Å². The van der Waals surface area contributed by atoms with Crippen LogP contribution in [-0.4, -0.2) is 16.1 Å². The van der Waals surface area contributed by atoms with Gasteiger partial charge in [-0.05, 0) is 23.2 Å². The van der Waals surface area contributed by atoms with Crippen LogP contribution in [0.5, 0.6) is 0 Å². The Bertz CT molecular complexity index is 612. The minimum atomic E-state index is -1.09. The van der Waals surface area contributed by atoms with E-state index in [4.69, 9.17) is 0 Å². The molecule has 0 saturated carbocycles. The van der Waals surface area contributed by atoms with E-state index in [2.05, 4.69) is 90.1 Å². The van der Waals surface area contributed by atoms with Crippen LogP contribution in [0.15, 0.2) is 48.5 Å². The van der Waals surface area contributed by atoms with Crippen LogP contribution in [0.1, 0.15) is 52.7 Å². The zero-order valence-electron chi connectivity index (χ0n) is 19.3. The van der Waals surface area contributed by atoms with Crippen molar-refractivity contribution in [3.05, 3.63) is 59.7 Å². The summed E-state index contributed by atoms with van der Waals surface area (Å²) >= 11 is 0. The van der Waals surface area contributed by atoms with E-state index in [9.17, 15) is 0 Å². The highest BCUT2D eigenvalue weighted by atomic mass is 28.3. The van der Waals surface area contributed by atoms with Crippen LogP contribution in [0.4, 0.5) is 0 Å². The van der Waals surface area contributed by atoms with Gasteiger partial charge in [-0.25, -0.2) is 0 Å². The average molecular weight is 411 g/mol. The monoisotopic (exact) mass is 410 g/mol. The van der Waals surface area contributed by atoms with Gasteiger partial charge in [-0.3, -0.25) is 0 Å². The molecule has 2 heteroatoms. The SMILES string of the molecule is CC[Si](CC)(CC)Cc1ccc(-c2ccc(C[Si](CC)(CC)CC)cc2)cc1. The first-order chi connectivity index (χ1) is 13.5. The van der Waals surface area contributed by atoms with Crippen molar-refractivity contribution in [1.29, 1.82) is 0 Å². The second kappa shape index (κ2) is 10.6. The van der Waals surface area contributed by atoms with Crippen molar-refractivity contribution >= 4 is 16.1 Å². The molecule has 28 heavy (non-hydrogen) atoms. The maximum absolute atomic E-state index is 2.41. The lowest BCUT2D eigenvalue weighted by Gasteiger charge is -2.28. The highest BCUT2D eigenvalue weighted by Gasteiger charge is 2.27. The van der Waals surface area contributed by atoms with Gasteiger partial charge in [0.2, 0.25) is 0 Å². The topological polar surface area (TPSA) is 0 Å². The van der Waals surface area contributed by atoms with E-state index in [1.807, 2.05) is 0 Å². The first-order valence-electron chi connectivity index (χ1n) is 11.7. The molecular formula is C26H42Si2. The van der Waals surface area contributed by atoms with Gasteiger partial charge in [0.05, 0.1) is 16.1 Å². The largest absolute Gasteiger partial charge is 0.0678 e. The standard InChI is InChI=1S/C26H42Si2/c1-7-27(8-2,9-3)21-23-13-17-25(18-14-23)26-19-15-24(16-20-26)22-28(10-4,11-5)12-6/h13-20H,7-12,21-22H2,1-6H3. The second-order valence-corrected chi connectivity index (χ2v) is 19.8. The van der Waals surface area contributed by atoms with Crippen LogP contribution in [-0.2, 0) is 12.1 Å². The van der Waals surface area contributed by atoms with E-state index in [0.29, 0.717) is 0 Å². The van der Waals surface area contributed by atoms with Crippen molar-refractivity contribution in [3.8, 4) is 11.1 Å². The molecule has 2 aromatic carbocycles. The molecule has 0 aromatic heterocycles. The fourth-order valence-corrected chi connectivity index (χ4v) is 11.4. The molecule has 2 aromatic rings. The molecule has 0 fully saturated rings. The maximum atomic E-state index is 2.41. The summed E-state index contributed by atoms with van der Waals surface area (Å²) in [7, 11) is -2.19. The molecule has 0 aliphatic carbocycles. The van der Waals surface area contributed by atoms with Crippen LogP contribution in [0.25, 0.3) is 11.1 Å². The van der Waals surface area contributed by atoms with E-state index in [-0.39, 0.29) is 0 Å². The minimum Gasteiger partial charge on any atom is -0.0678 e. The van der Waals surface area contributed by atoms with Crippen molar-refractivity contribution in [2.45, 2.75) is 89.9 Å². The van der Waals surface area contributed by atoms with E-state index in [0.717, 1.165) is 0 Å². The lowest BCUT2D eigenvalue weighted by atomic mass is 10.0. The van der Waals surface area contributed by atoms with E-state index >= 15 is 0 Å². The van der Waals surface area contributed by atoms with Crippen molar-refractivity contribution in [3.63, 3.8) is 0 Å². The number of hydrogen-bond acceptors (Lipinski definition) is 0. The Labute approximate surface area is 176 Å². The zero-order chi connectivity index (χ0) is 20.6. The quantitative estimate of drug-likeness (QED) is 0.325. The third kappa shape index (κ3) is 5.48. The average Bonchev–Trinajstić information content (AvgIpc) is 2.77. The molecule has 0 radical (unpaired) electrons. The van der Waals surface area contributed by atoms with Gasteiger partial charge in [0, 0.05) is 0 Å². The third-order valence-corrected chi connectivity index (χ3v) is 19.2. The van der Waals surface area contributed by atoms with Gasteiger partial charge in [0.25, 0.3) is 0 Å². The van der Waals surface area contributed by atoms with E-state index in [1.54, 1.807) is 11.1 Å². The lowest BCUT2D eigenvalue weighted by Crippen LogP contribution is -2.34. The van der Waals surface area contributed by atoms with Crippen molar-refractivity contribution < 1.29 is 0 Å². The normalized spacial score (nSPS) is 12.4. The van der Waals surface area contributed by atoms with Gasteiger partial charge in [-0.2, -0.15) is 0 Å². The van der Waals surface area contributed by atoms with Crippen LogP contribution in [0, 0.1) is 0 Å². The summed E-state index contributed by atoms with van der Waals surface area (Å²) in [5.41, 5.74) is 5.80. The Morgan fingerprint density at radius 2 is 0.679 bits per heavy atom. The van der Waals surface area contributed by atoms with Crippen LogP contribution < -0.4 is 0 Å². The van der Waals surface area contributed by atoms with Crippen LogP contribution in [0.2, 0.25) is 36.3 Å². The molecule has 2 rings (SSSR count). The molecule has 0 N–H and O–H groups in total. The van der Waals surface area contributed by atoms with Gasteiger partial charge in [-0.1, -0.05) is 137 Å². The third-order valence-electron chi connectivity index (χ3n) is 7.90. The predicted molar refractivity (Wildman–Crippen MR) is 134 cm³/mol. The first kappa shape index (κ1) is 23.2. The Kier molecular flexibility index (Phi) is 8.76. The second-order valence-electron chi connectivity index (χ2n) is 8.87. The minimum absolute atomic E-state index is 1.09. The summed E-state index contributed by atoms with van der Waals surface area (Å²) in [6.07, 6.45) is 0. The molecule has 0 spiro atoms. The maximum Gasteiger partial charge on any atom is 0.0571 e. The molecule has 0 amide bonds. The Morgan fingerprint density at radius 1 is 0.429 bits per heavy atom. The van der Waals surface area contributed by atoms with E-state index < -0.39 is 16.1 Å². The summed E-state index contributed by atoms with van der Waals surface area (Å²) in [5, 5.41) is 0. The number of rotatable bonds is 11. The first-order valence-corrected chi connectivity index (χ1v) is 17.3. The molecule has 0 aliphatic rings. The number of hydrogen-bond donors (Lipinski definition) is 0. The zero-order valence-corrected chi connectivity index (χ0v) is 21.3. The molecule has 0 aliphatic heterocycles. The van der Waals surface area contributed by atoms with Crippen molar-refractivity contribution in [1.82, 2.24) is 0 Å². The van der Waals surface area contributed by atoms with Gasteiger partial charge in [0.15, 0.2) is 0 Å². The van der Waals surface area contributed by atoms with Gasteiger partial charge < -0.3 is 0 Å². The highest BCUT2D eigenvalue weighted by molar-refractivity contribution is 6.79. The summed E-state index contributed by atoms with van der Waals surface area (Å²) < 4.78 is 0.